The summed E-state index contributed by atoms with van der Waals surface area (Å²) in [6, 6.07) is 10.6. The maximum absolute atomic E-state index is 13.5. The van der Waals surface area contributed by atoms with Crippen LogP contribution in [0.2, 0.25) is 30.8 Å². The van der Waals surface area contributed by atoms with Gasteiger partial charge >= 0.3 is 5.97 Å². The average Bonchev–Trinajstić information content (AvgIpc) is 3.55. The average molecular weight is 539 g/mol. The molecule has 1 aliphatic rings. The fourth-order valence-corrected chi connectivity index (χ4v) is 5.30. The molecule has 0 aliphatic heterocycles. The van der Waals surface area contributed by atoms with Gasteiger partial charge in [0, 0.05) is 31.9 Å². The summed E-state index contributed by atoms with van der Waals surface area (Å²) in [6.45, 7) is 10.0. The molecule has 4 aromatic rings. The smallest absolute Gasteiger partial charge is 0.344 e. The lowest BCUT2D eigenvalue weighted by Crippen LogP contribution is -2.22. The van der Waals surface area contributed by atoms with Crippen molar-refractivity contribution in [2.75, 3.05) is 6.61 Å². The molecule has 0 unspecified atom stereocenters. The zero-order valence-electron chi connectivity index (χ0n) is 21.6. The molecule has 0 amide bonds. The van der Waals surface area contributed by atoms with Gasteiger partial charge in [0.15, 0.2) is 5.76 Å². The number of carbonyl (C=O) groups excluding carboxylic acids is 1. The Kier molecular flexibility index (Phi) is 7.20. The van der Waals surface area contributed by atoms with Crippen molar-refractivity contribution in [3.63, 3.8) is 0 Å². The first-order valence-electron chi connectivity index (χ1n) is 12.5. The summed E-state index contributed by atoms with van der Waals surface area (Å²) < 4.78 is 19.5. The van der Waals surface area contributed by atoms with E-state index in [9.17, 15) is 4.79 Å². The number of benzene rings is 1. The van der Waals surface area contributed by atoms with Gasteiger partial charge in [0.2, 0.25) is 0 Å². The molecule has 10 heteroatoms. The summed E-state index contributed by atoms with van der Waals surface area (Å²) >= 11 is 6.60. The Morgan fingerprint density at radius 1 is 1.19 bits per heavy atom. The van der Waals surface area contributed by atoms with Gasteiger partial charge in [-0.15, -0.1) is 0 Å². The minimum Gasteiger partial charge on any atom is -0.457 e. The fourth-order valence-electron chi connectivity index (χ4n) is 4.32. The molecule has 37 heavy (non-hydrogen) atoms. The van der Waals surface area contributed by atoms with Crippen molar-refractivity contribution in [2.45, 2.75) is 64.7 Å². The van der Waals surface area contributed by atoms with Gasteiger partial charge in [-0.3, -0.25) is 0 Å². The third-order valence-electron chi connectivity index (χ3n) is 6.59. The van der Waals surface area contributed by atoms with Gasteiger partial charge in [0.1, 0.15) is 41.7 Å². The summed E-state index contributed by atoms with van der Waals surface area (Å²) in [5.74, 6) is 0.250. The van der Waals surface area contributed by atoms with Crippen LogP contribution in [0.3, 0.4) is 0 Å². The number of hydrogen-bond donors (Lipinski definition) is 0. The molecular weight excluding hydrogens is 508 g/mol. The van der Waals surface area contributed by atoms with Crippen LogP contribution in [0.1, 0.15) is 46.1 Å². The van der Waals surface area contributed by atoms with Crippen molar-refractivity contribution < 1.29 is 18.8 Å². The number of esters is 1. The highest BCUT2D eigenvalue weighted by atomic mass is 35.5. The lowest BCUT2D eigenvalue weighted by atomic mass is 10.0. The highest BCUT2D eigenvalue weighted by molar-refractivity contribution is 6.76. The minimum atomic E-state index is -1.23. The number of carbonyl (C=O) groups is 1. The van der Waals surface area contributed by atoms with E-state index in [0.717, 1.165) is 30.1 Å². The standard InChI is InChI=1S/C27H31ClN4O4Si/c1-17-20(21-25(28)29-15-30-26(21)32(17)16-34-12-13-37(2,3)4)23-22(24(36-31-23)19-10-11-19)27(33)35-14-18-8-6-5-7-9-18/h5-9,15,19H,10-14,16H2,1-4H3. The molecule has 3 heterocycles. The molecule has 8 nitrogen and oxygen atoms in total. The van der Waals surface area contributed by atoms with Gasteiger partial charge in [0.25, 0.3) is 0 Å². The minimum absolute atomic E-state index is 0.157. The van der Waals surface area contributed by atoms with Crippen LogP contribution >= 0.6 is 11.6 Å². The van der Waals surface area contributed by atoms with Crippen LogP contribution in [0.15, 0.2) is 41.2 Å². The van der Waals surface area contributed by atoms with Crippen molar-refractivity contribution in [3.8, 4) is 11.3 Å². The van der Waals surface area contributed by atoms with E-state index < -0.39 is 14.0 Å². The second-order valence-corrected chi connectivity index (χ2v) is 16.7. The largest absolute Gasteiger partial charge is 0.457 e. The molecule has 194 valence electrons. The second-order valence-electron chi connectivity index (χ2n) is 10.7. The van der Waals surface area contributed by atoms with Crippen molar-refractivity contribution in [2.24, 2.45) is 0 Å². The van der Waals surface area contributed by atoms with Crippen LogP contribution in [-0.4, -0.2) is 40.3 Å². The van der Waals surface area contributed by atoms with Crippen LogP contribution in [-0.2, 0) is 22.8 Å². The summed E-state index contributed by atoms with van der Waals surface area (Å²) in [5.41, 5.74) is 3.76. The predicted molar refractivity (Wildman–Crippen MR) is 144 cm³/mol. The van der Waals surface area contributed by atoms with Gasteiger partial charge < -0.3 is 18.6 Å². The molecule has 0 N–H and O–H groups in total. The first-order chi connectivity index (χ1) is 17.7. The quantitative estimate of drug-likeness (QED) is 0.0972. The van der Waals surface area contributed by atoms with Gasteiger partial charge in [-0.25, -0.2) is 14.8 Å². The molecule has 1 saturated carbocycles. The normalized spacial score (nSPS) is 13.9. The molecule has 5 rings (SSSR count). The van der Waals surface area contributed by atoms with Gasteiger partial charge in [-0.2, -0.15) is 0 Å². The first-order valence-corrected chi connectivity index (χ1v) is 16.6. The molecule has 0 saturated heterocycles. The van der Waals surface area contributed by atoms with E-state index in [1.54, 1.807) is 0 Å². The third kappa shape index (κ3) is 5.49. The number of fused-ring (bicyclic) bond motifs is 1. The molecule has 1 aliphatic carbocycles. The molecule has 1 aromatic carbocycles. The number of ether oxygens (including phenoxy) is 2. The van der Waals surface area contributed by atoms with Gasteiger partial charge in [-0.05, 0) is 31.4 Å². The molecule has 0 atom stereocenters. The van der Waals surface area contributed by atoms with Crippen molar-refractivity contribution in [3.05, 3.63) is 64.4 Å². The monoisotopic (exact) mass is 538 g/mol. The Morgan fingerprint density at radius 3 is 2.65 bits per heavy atom. The summed E-state index contributed by atoms with van der Waals surface area (Å²) in [7, 11) is -1.23. The van der Waals surface area contributed by atoms with Crippen LogP contribution in [0.5, 0.6) is 0 Å². The lowest BCUT2D eigenvalue weighted by molar-refractivity contribution is 0.0471. The second kappa shape index (κ2) is 10.4. The van der Waals surface area contributed by atoms with Crippen molar-refractivity contribution in [1.29, 1.82) is 0 Å². The highest BCUT2D eigenvalue weighted by Crippen LogP contribution is 2.46. The molecule has 0 spiro atoms. The van der Waals surface area contributed by atoms with E-state index >= 15 is 0 Å². The number of rotatable bonds is 10. The van der Waals surface area contributed by atoms with Crippen molar-refractivity contribution in [1.82, 2.24) is 19.7 Å². The summed E-state index contributed by atoms with van der Waals surface area (Å²) in [6.07, 6.45) is 3.33. The number of nitrogens with zero attached hydrogens (tertiary/aromatic N) is 4. The van der Waals surface area contributed by atoms with Crippen LogP contribution in [0, 0.1) is 6.92 Å². The molecular formula is C27H31ClN4O4Si. The number of aromatic nitrogens is 4. The Balaban J connectivity index is 1.53. The lowest BCUT2D eigenvalue weighted by Gasteiger charge is -2.16. The van der Waals surface area contributed by atoms with Crippen LogP contribution in [0.4, 0.5) is 0 Å². The topological polar surface area (TPSA) is 92.3 Å². The van der Waals surface area contributed by atoms with E-state index in [1.165, 1.54) is 6.33 Å². The zero-order chi connectivity index (χ0) is 26.2. The van der Waals surface area contributed by atoms with E-state index in [0.29, 0.717) is 47.0 Å². The Labute approximate surface area is 221 Å². The maximum atomic E-state index is 13.5. The van der Waals surface area contributed by atoms with Crippen LogP contribution in [0.25, 0.3) is 22.3 Å². The number of hydrogen-bond acceptors (Lipinski definition) is 7. The highest BCUT2D eigenvalue weighted by Gasteiger charge is 2.38. The maximum Gasteiger partial charge on any atom is 0.344 e. The SMILES string of the molecule is Cc1c(-c2noc(C3CC3)c2C(=O)OCc2ccccc2)c2c(Cl)ncnc2n1COCC[Si](C)(C)C. The molecule has 0 bridgehead atoms. The molecule has 0 radical (unpaired) electrons. The zero-order valence-corrected chi connectivity index (χ0v) is 23.3. The van der Waals surface area contributed by atoms with E-state index in [-0.39, 0.29) is 17.7 Å². The van der Waals surface area contributed by atoms with E-state index in [1.807, 2.05) is 41.8 Å². The van der Waals surface area contributed by atoms with Crippen LogP contribution < -0.4 is 0 Å². The Morgan fingerprint density at radius 2 is 1.95 bits per heavy atom. The Bertz CT molecular complexity index is 1420. The first kappa shape index (κ1) is 25.6. The van der Waals surface area contributed by atoms with E-state index in [4.69, 9.17) is 25.6 Å². The summed E-state index contributed by atoms with van der Waals surface area (Å²) in [5, 5.41) is 5.27. The number of halogens is 1. The predicted octanol–water partition coefficient (Wildman–Crippen LogP) is 6.59. The van der Waals surface area contributed by atoms with Crippen molar-refractivity contribution >= 4 is 36.7 Å². The van der Waals surface area contributed by atoms with E-state index in [2.05, 4.69) is 34.8 Å². The Hall–Kier alpha value is -3.01. The third-order valence-corrected chi connectivity index (χ3v) is 8.58. The van der Waals surface area contributed by atoms with Gasteiger partial charge in [0.05, 0.1) is 5.39 Å². The van der Waals surface area contributed by atoms with Gasteiger partial charge in [-0.1, -0.05) is 66.7 Å². The molecule has 1 fully saturated rings. The summed E-state index contributed by atoms with van der Waals surface area (Å²) in [4.78, 5) is 22.2. The molecule has 3 aromatic heterocycles. The fraction of sp³-hybridized carbons (Fsp3) is 0.407.